The topological polar surface area (TPSA) is 105 Å². The predicted molar refractivity (Wildman–Crippen MR) is 149 cm³/mol. The minimum absolute atomic E-state index is 0.0378. The number of carboxylic acid groups (broad SMARTS) is 1. The SMILES string of the molecule is O=C(N[C@@H](CSCc1ccccc1)C(=O)O)c1nc(-c2ccc(C(F)(F)F)cc2)oc1-c1ccc2ccccc2n1. The largest absolute Gasteiger partial charge is 0.480 e. The summed E-state index contributed by atoms with van der Waals surface area (Å²) in [5.74, 6) is -1.55. The number of halogens is 3. The normalized spacial score (nSPS) is 12.3. The third-order valence-electron chi connectivity index (χ3n) is 6.13. The molecule has 0 saturated carbocycles. The number of hydrogen-bond donors (Lipinski definition) is 2. The zero-order valence-electron chi connectivity index (χ0n) is 21.3. The van der Waals surface area contributed by atoms with Crippen molar-refractivity contribution in [2.24, 2.45) is 0 Å². The van der Waals surface area contributed by atoms with Gasteiger partial charge >= 0.3 is 12.1 Å². The molecule has 2 N–H and O–H groups in total. The van der Waals surface area contributed by atoms with Crippen molar-refractivity contribution < 1.29 is 32.3 Å². The van der Waals surface area contributed by atoms with Crippen LogP contribution in [0.2, 0.25) is 0 Å². The van der Waals surface area contributed by atoms with Gasteiger partial charge in [0.05, 0.1) is 11.1 Å². The molecule has 0 aliphatic carbocycles. The van der Waals surface area contributed by atoms with Crippen molar-refractivity contribution in [1.82, 2.24) is 15.3 Å². The molecule has 5 rings (SSSR count). The van der Waals surface area contributed by atoms with E-state index in [9.17, 15) is 27.9 Å². The van der Waals surface area contributed by atoms with Gasteiger partial charge in [-0.3, -0.25) is 4.79 Å². The number of amides is 1. The summed E-state index contributed by atoms with van der Waals surface area (Å²) in [4.78, 5) is 34.2. The van der Waals surface area contributed by atoms with E-state index in [1.807, 2.05) is 42.5 Å². The quantitative estimate of drug-likeness (QED) is 0.201. The van der Waals surface area contributed by atoms with Crippen LogP contribution in [-0.2, 0) is 16.7 Å². The molecule has 2 heterocycles. The van der Waals surface area contributed by atoms with Crippen LogP contribution in [0.5, 0.6) is 0 Å². The number of nitrogens with zero attached hydrogens (tertiary/aromatic N) is 2. The van der Waals surface area contributed by atoms with Crippen LogP contribution in [0.15, 0.2) is 95.4 Å². The van der Waals surface area contributed by atoms with Gasteiger partial charge in [-0.25, -0.2) is 14.8 Å². The first-order valence-electron chi connectivity index (χ1n) is 12.4. The second-order valence-corrected chi connectivity index (χ2v) is 10.1. The van der Waals surface area contributed by atoms with E-state index in [-0.39, 0.29) is 34.4 Å². The number of carbonyl (C=O) groups is 2. The van der Waals surface area contributed by atoms with Gasteiger partial charge in [0, 0.05) is 22.5 Å². The molecule has 0 unspecified atom stereocenters. The number of hydrogen-bond acceptors (Lipinski definition) is 6. The van der Waals surface area contributed by atoms with E-state index in [1.165, 1.54) is 23.9 Å². The number of alkyl halides is 3. The lowest BCUT2D eigenvalue weighted by Crippen LogP contribution is -2.42. The summed E-state index contributed by atoms with van der Waals surface area (Å²) in [6.45, 7) is 0. The molecular weight excluding hydrogens is 555 g/mol. The van der Waals surface area contributed by atoms with Crippen molar-refractivity contribution >= 4 is 34.5 Å². The summed E-state index contributed by atoms with van der Waals surface area (Å²) in [6, 6.07) is 23.1. The molecule has 0 spiro atoms. The van der Waals surface area contributed by atoms with E-state index >= 15 is 0 Å². The Bertz CT molecular complexity index is 1690. The highest BCUT2D eigenvalue weighted by Gasteiger charge is 2.31. The minimum atomic E-state index is -4.52. The fraction of sp³-hybridized carbons (Fsp3) is 0.133. The Labute approximate surface area is 236 Å². The average molecular weight is 578 g/mol. The van der Waals surface area contributed by atoms with Crippen molar-refractivity contribution in [2.75, 3.05) is 5.75 Å². The number of oxazole rings is 1. The first-order chi connectivity index (χ1) is 19.7. The lowest BCUT2D eigenvalue weighted by molar-refractivity contribution is -0.139. The molecule has 0 aliphatic heterocycles. The molecule has 208 valence electrons. The Morgan fingerprint density at radius 3 is 2.32 bits per heavy atom. The van der Waals surface area contributed by atoms with Gasteiger partial charge in [-0.2, -0.15) is 24.9 Å². The maximum Gasteiger partial charge on any atom is 0.416 e. The van der Waals surface area contributed by atoms with Gasteiger partial charge in [-0.1, -0.05) is 54.6 Å². The molecule has 0 aliphatic rings. The number of pyridine rings is 1. The number of thioether (sulfide) groups is 1. The lowest BCUT2D eigenvalue weighted by Gasteiger charge is -2.14. The summed E-state index contributed by atoms with van der Waals surface area (Å²) in [5, 5.41) is 13.1. The molecule has 11 heteroatoms. The fourth-order valence-electron chi connectivity index (χ4n) is 4.04. The summed E-state index contributed by atoms with van der Waals surface area (Å²) in [7, 11) is 0. The number of rotatable bonds is 9. The summed E-state index contributed by atoms with van der Waals surface area (Å²) in [5.41, 5.74) is 0.999. The second-order valence-electron chi connectivity index (χ2n) is 9.03. The van der Waals surface area contributed by atoms with Gasteiger partial charge in [0.2, 0.25) is 5.89 Å². The van der Waals surface area contributed by atoms with Crippen molar-refractivity contribution in [3.63, 3.8) is 0 Å². The number of carboxylic acids is 1. The van der Waals surface area contributed by atoms with E-state index < -0.39 is 29.7 Å². The van der Waals surface area contributed by atoms with Crippen LogP contribution >= 0.6 is 11.8 Å². The summed E-state index contributed by atoms with van der Waals surface area (Å²) >= 11 is 1.34. The van der Waals surface area contributed by atoms with Crippen LogP contribution in [0.3, 0.4) is 0 Å². The molecule has 0 fully saturated rings. The number of aliphatic carboxylic acids is 1. The molecule has 0 radical (unpaired) electrons. The van der Waals surface area contributed by atoms with Crippen molar-refractivity contribution in [3.8, 4) is 22.9 Å². The average Bonchev–Trinajstić information content (AvgIpc) is 3.42. The highest BCUT2D eigenvalue weighted by molar-refractivity contribution is 7.98. The van der Waals surface area contributed by atoms with E-state index in [0.29, 0.717) is 11.3 Å². The fourth-order valence-corrected chi connectivity index (χ4v) is 5.04. The second kappa shape index (κ2) is 11.8. The van der Waals surface area contributed by atoms with Crippen molar-refractivity contribution in [1.29, 1.82) is 0 Å². The van der Waals surface area contributed by atoms with Crippen LogP contribution in [0.4, 0.5) is 13.2 Å². The minimum Gasteiger partial charge on any atom is -0.480 e. The number of benzene rings is 3. The first-order valence-corrected chi connectivity index (χ1v) is 13.5. The molecule has 2 aromatic heterocycles. The molecule has 41 heavy (non-hydrogen) atoms. The van der Waals surface area contributed by atoms with Crippen molar-refractivity contribution in [2.45, 2.75) is 18.0 Å². The van der Waals surface area contributed by atoms with Gasteiger partial charge in [0.25, 0.3) is 5.91 Å². The Morgan fingerprint density at radius 1 is 0.902 bits per heavy atom. The van der Waals surface area contributed by atoms with Gasteiger partial charge in [0.1, 0.15) is 11.7 Å². The van der Waals surface area contributed by atoms with Crippen LogP contribution in [0, 0.1) is 0 Å². The number of aromatic nitrogens is 2. The van der Waals surface area contributed by atoms with Crippen LogP contribution < -0.4 is 5.32 Å². The number of carbonyl (C=O) groups excluding carboxylic acids is 1. The summed E-state index contributed by atoms with van der Waals surface area (Å²) in [6.07, 6.45) is -4.52. The molecule has 5 aromatic rings. The summed E-state index contributed by atoms with van der Waals surface area (Å²) < 4.78 is 45.1. The van der Waals surface area contributed by atoms with E-state index in [4.69, 9.17) is 4.42 Å². The third kappa shape index (κ3) is 6.58. The van der Waals surface area contributed by atoms with Gasteiger partial charge in [-0.05, 0) is 42.0 Å². The molecule has 3 aromatic carbocycles. The Morgan fingerprint density at radius 2 is 1.61 bits per heavy atom. The molecule has 1 atom stereocenters. The van der Waals surface area contributed by atoms with Gasteiger partial charge in [-0.15, -0.1) is 0 Å². The Kier molecular flexibility index (Phi) is 8.06. The molecule has 0 bridgehead atoms. The van der Waals surface area contributed by atoms with E-state index in [0.717, 1.165) is 23.1 Å². The van der Waals surface area contributed by atoms with Crippen LogP contribution in [0.1, 0.15) is 21.6 Å². The molecule has 0 saturated heterocycles. The smallest absolute Gasteiger partial charge is 0.416 e. The third-order valence-corrected chi connectivity index (χ3v) is 7.24. The standard InChI is InChI=1S/C30H22F3N3O4S/c31-30(32,33)21-13-10-20(11-14-21)28-36-25(26(40-28)23-15-12-19-8-4-5-9-22(19)34-23)27(37)35-24(29(38)39)17-41-16-18-6-2-1-3-7-18/h1-15,24H,16-17H2,(H,35,37)(H,38,39)/t24-/m0/s1. The van der Waals surface area contributed by atoms with Crippen LogP contribution in [0.25, 0.3) is 33.8 Å². The highest BCUT2D eigenvalue weighted by atomic mass is 32.2. The first kappa shape index (κ1) is 27.9. The monoisotopic (exact) mass is 577 g/mol. The molecule has 1 amide bonds. The maximum absolute atomic E-state index is 13.4. The van der Waals surface area contributed by atoms with Crippen LogP contribution in [-0.4, -0.2) is 38.7 Å². The lowest BCUT2D eigenvalue weighted by atomic mass is 10.1. The van der Waals surface area contributed by atoms with E-state index in [2.05, 4.69) is 15.3 Å². The number of fused-ring (bicyclic) bond motifs is 1. The van der Waals surface area contributed by atoms with E-state index in [1.54, 1.807) is 24.3 Å². The Balaban J connectivity index is 1.46. The highest BCUT2D eigenvalue weighted by Crippen LogP contribution is 2.33. The zero-order chi connectivity index (χ0) is 29.0. The van der Waals surface area contributed by atoms with Crippen molar-refractivity contribution in [3.05, 3.63) is 108 Å². The number of para-hydroxylation sites is 1. The number of nitrogens with one attached hydrogen (secondary N) is 1. The van der Waals surface area contributed by atoms with Gasteiger partial charge in [0.15, 0.2) is 11.5 Å². The molecule has 7 nitrogen and oxygen atoms in total. The zero-order valence-corrected chi connectivity index (χ0v) is 22.1. The Hall–Kier alpha value is -4.64. The predicted octanol–water partition coefficient (Wildman–Crippen LogP) is 6.69. The molecular formula is C30H22F3N3O4S. The van der Waals surface area contributed by atoms with Gasteiger partial charge < -0.3 is 14.8 Å². The maximum atomic E-state index is 13.4.